The van der Waals surface area contributed by atoms with Gasteiger partial charge in [0, 0.05) is 25.7 Å². The maximum absolute atomic E-state index is 13.0. The lowest BCUT2D eigenvalue weighted by molar-refractivity contribution is -0.161. The quantitative estimate of drug-likeness (QED) is 0.0222. The largest absolute Gasteiger partial charge is 0.472 e. The Hall–Kier alpha value is -1.94. The summed E-state index contributed by atoms with van der Waals surface area (Å²) < 4.78 is 68.1. The van der Waals surface area contributed by atoms with E-state index in [1.165, 1.54) is 167 Å². The molecule has 0 amide bonds. The topological polar surface area (TPSA) is 237 Å². The van der Waals surface area contributed by atoms with E-state index >= 15 is 0 Å². The summed E-state index contributed by atoms with van der Waals surface area (Å²) >= 11 is 0. The minimum absolute atomic E-state index is 0.107. The van der Waals surface area contributed by atoms with Crippen molar-refractivity contribution in [3.05, 3.63) is 0 Å². The SMILES string of the molecule is CCCCCCCCCCCCCCCCCCCC(=O)O[C@H](COC(=O)CCCCCCCCC(C)CC)COP(=O)(O)OC[C@@H](O)COP(=O)(O)OC[C@@H](COC(=O)CCCCCCCCCCCC)OC(=O)CCCCCCCCCCCC. The zero-order valence-electron chi connectivity index (χ0n) is 56.2. The number of hydrogen-bond donors (Lipinski definition) is 3. The fourth-order valence-corrected chi connectivity index (χ4v) is 11.8. The van der Waals surface area contributed by atoms with Crippen LogP contribution in [0.5, 0.6) is 0 Å². The monoisotopic (exact) mass is 1280 g/mol. The molecule has 0 fully saturated rings. The van der Waals surface area contributed by atoms with E-state index in [9.17, 15) is 43.2 Å². The molecular weight excluding hydrogens is 1150 g/mol. The molecule has 3 unspecified atom stereocenters. The van der Waals surface area contributed by atoms with E-state index in [4.69, 9.17) is 37.0 Å². The maximum Gasteiger partial charge on any atom is 0.472 e. The number of aliphatic hydroxyl groups excluding tert-OH is 1. The number of esters is 4. The summed E-state index contributed by atoms with van der Waals surface area (Å²) in [6, 6.07) is 0. The first-order valence-corrected chi connectivity index (χ1v) is 38.7. The van der Waals surface area contributed by atoms with Crippen LogP contribution in [0, 0.1) is 5.92 Å². The summed E-state index contributed by atoms with van der Waals surface area (Å²) in [5.74, 6) is -1.40. The van der Waals surface area contributed by atoms with Crippen LogP contribution in [0.3, 0.4) is 0 Å². The smallest absolute Gasteiger partial charge is 0.462 e. The van der Waals surface area contributed by atoms with Crippen LogP contribution in [-0.2, 0) is 65.4 Å². The summed E-state index contributed by atoms with van der Waals surface area (Å²) in [7, 11) is -9.89. The van der Waals surface area contributed by atoms with Gasteiger partial charge in [-0.15, -0.1) is 0 Å². The number of ether oxygens (including phenoxy) is 4. The zero-order chi connectivity index (χ0) is 64.2. The van der Waals surface area contributed by atoms with E-state index in [0.29, 0.717) is 25.7 Å². The van der Waals surface area contributed by atoms with Gasteiger partial charge < -0.3 is 33.8 Å². The van der Waals surface area contributed by atoms with Gasteiger partial charge in [-0.05, 0) is 31.6 Å². The van der Waals surface area contributed by atoms with E-state index < -0.39 is 97.5 Å². The van der Waals surface area contributed by atoms with Crippen LogP contribution in [0.25, 0.3) is 0 Å². The molecule has 0 rings (SSSR count). The Kier molecular flexibility index (Phi) is 60.2. The Morgan fingerprint density at radius 3 is 0.816 bits per heavy atom. The third-order valence-corrected chi connectivity index (χ3v) is 18.0. The molecule has 0 aliphatic heterocycles. The molecule has 0 aromatic carbocycles. The number of carbonyl (C=O) groups is 4. The van der Waals surface area contributed by atoms with Crippen LogP contribution >= 0.6 is 15.6 Å². The molecule has 17 nitrogen and oxygen atoms in total. The second-order valence-electron chi connectivity index (χ2n) is 24.8. The van der Waals surface area contributed by atoms with Crippen LogP contribution in [0.2, 0.25) is 0 Å². The van der Waals surface area contributed by atoms with E-state index in [-0.39, 0.29) is 25.7 Å². The van der Waals surface area contributed by atoms with Crippen LogP contribution in [-0.4, -0.2) is 96.7 Å². The van der Waals surface area contributed by atoms with Gasteiger partial charge in [-0.25, -0.2) is 9.13 Å². The van der Waals surface area contributed by atoms with Crippen molar-refractivity contribution in [2.45, 2.75) is 368 Å². The highest BCUT2D eigenvalue weighted by Gasteiger charge is 2.30. The van der Waals surface area contributed by atoms with Crippen molar-refractivity contribution in [1.82, 2.24) is 0 Å². The number of aliphatic hydroxyl groups is 1. The number of rotatable bonds is 68. The Morgan fingerprint density at radius 1 is 0.322 bits per heavy atom. The molecule has 87 heavy (non-hydrogen) atoms. The molecular formula is C68H132O17P2. The van der Waals surface area contributed by atoms with Gasteiger partial charge in [-0.1, -0.05) is 298 Å². The molecule has 516 valence electrons. The summed E-state index contributed by atoms with van der Waals surface area (Å²) in [5.41, 5.74) is 0. The number of hydrogen-bond acceptors (Lipinski definition) is 15. The standard InChI is InChI=1S/C68H132O17P2/c1-6-10-13-16-19-22-25-26-27-28-29-30-31-34-37-44-49-54-68(73)85-64(58-79-66(71)52-47-42-39-38-40-45-50-61(5)9-4)60-83-87(76,77)81-56-62(69)55-80-86(74,75)82-59-63(84-67(72)53-48-43-36-33-24-21-18-15-12-8-3)57-78-65(70)51-46-41-35-32-23-20-17-14-11-7-2/h61-64,69H,6-60H2,1-5H3,(H,74,75)(H,76,77)/t61?,62-,63+,64+/m0/s1. The molecule has 3 N–H and O–H groups in total. The van der Waals surface area contributed by atoms with E-state index in [0.717, 1.165) is 102 Å². The van der Waals surface area contributed by atoms with Gasteiger partial charge in [-0.3, -0.25) is 37.3 Å². The molecule has 0 spiro atoms. The minimum atomic E-state index is -4.95. The second-order valence-corrected chi connectivity index (χ2v) is 27.7. The van der Waals surface area contributed by atoms with Crippen molar-refractivity contribution < 1.29 is 80.2 Å². The number of phosphoric ester groups is 2. The van der Waals surface area contributed by atoms with Crippen LogP contribution in [0.1, 0.15) is 349 Å². The maximum atomic E-state index is 13.0. The van der Waals surface area contributed by atoms with Gasteiger partial charge in [0.25, 0.3) is 0 Å². The fourth-order valence-electron chi connectivity index (χ4n) is 10.3. The first-order chi connectivity index (χ1) is 42.1. The van der Waals surface area contributed by atoms with Gasteiger partial charge in [0.1, 0.15) is 19.3 Å². The van der Waals surface area contributed by atoms with Crippen molar-refractivity contribution in [1.29, 1.82) is 0 Å². The van der Waals surface area contributed by atoms with Crippen molar-refractivity contribution >= 4 is 39.5 Å². The molecule has 0 aromatic rings. The molecule has 6 atom stereocenters. The van der Waals surface area contributed by atoms with Crippen LogP contribution in [0.15, 0.2) is 0 Å². The molecule has 0 saturated heterocycles. The second kappa shape index (κ2) is 61.6. The van der Waals surface area contributed by atoms with Crippen molar-refractivity contribution in [3.63, 3.8) is 0 Å². The van der Waals surface area contributed by atoms with Gasteiger partial charge in [0.2, 0.25) is 0 Å². The first-order valence-electron chi connectivity index (χ1n) is 35.7. The van der Waals surface area contributed by atoms with Gasteiger partial charge in [-0.2, -0.15) is 0 Å². The molecule has 19 heteroatoms. The molecule has 0 aliphatic carbocycles. The number of phosphoric acid groups is 2. The Morgan fingerprint density at radius 2 is 0.552 bits per heavy atom. The van der Waals surface area contributed by atoms with E-state index in [2.05, 4.69) is 34.6 Å². The van der Waals surface area contributed by atoms with E-state index in [1.54, 1.807) is 0 Å². The lowest BCUT2D eigenvalue weighted by Crippen LogP contribution is -2.30. The van der Waals surface area contributed by atoms with Gasteiger partial charge >= 0.3 is 39.5 Å². The predicted molar refractivity (Wildman–Crippen MR) is 349 cm³/mol. The summed E-state index contributed by atoms with van der Waals surface area (Å²) in [4.78, 5) is 72.4. The van der Waals surface area contributed by atoms with Crippen LogP contribution < -0.4 is 0 Å². The summed E-state index contributed by atoms with van der Waals surface area (Å²) in [6.07, 6.45) is 47.2. The lowest BCUT2D eigenvalue weighted by Gasteiger charge is -2.21. The average Bonchev–Trinajstić information content (AvgIpc) is 3.67. The highest BCUT2D eigenvalue weighted by atomic mass is 31.2. The predicted octanol–water partition coefficient (Wildman–Crippen LogP) is 19.4. The molecule has 0 heterocycles. The highest BCUT2D eigenvalue weighted by molar-refractivity contribution is 7.47. The Bertz CT molecular complexity index is 1690. The molecule has 0 aromatic heterocycles. The van der Waals surface area contributed by atoms with E-state index in [1.807, 2.05) is 0 Å². The lowest BCUT2D eigenvalue weighted by atomic mass is 10.00. The molecule has 0 radical (unpaired) electrons. The zero-order valence-corrected chi connectivity index (χ0v) is 57.9. The van der Waals surface area contributed by atoms with Crippen molar-refractivity contribution in [2.24, 2.45) is 5.92 Å². The number of carbonyl (C=O) groups excluding carboxylic acids is 4. The van der Waals surface area contributed by atoms with Crippen LogP contribution in [0.4, 0.5) is 0 Å². The molecule has 0 saturated carbocycles. The summed E-state index contributed by atoms with van der Waals surface area (Å²) in [6.45, 7) is 7.18. The van der Waals surface area contributed by atoms with Gasteiger partial charge in [0.15, 0.2) is 12.2 Å². The first kappa shape index (κ1) is 85.1. The van der Waals surface area contributed by atoms with Crippen molar-refractivity contribution in [3.8, 4) is 0 Å². The molecule has 0 aliphatic rings. The summed E-state index contributed by atoms with van der Waals surface area (Å²) in [5, 5.41) is 10.6. The van der Waals surface area contributed by atoms with Gasteiger partial charge in [0.05, 0.1) is 26.4 Å². The Labute approximate surface area is 530 Å². The highest BCUT2D eigenvalue weighted by Crippen LogP contribution is 2.45. The Balaban J connectivity index is 5.21. The normalized spacial score (nSPS) is 14.4. The third kappa shape index (κ3) is 61.3. The average molecular weight is 1280 g/mol. The minimum Gasteiger partial charge on any atom is -0.462 e. The fraction of sp³-hybridized carbons (Fsp3) is 0.941. The number of unbranched alkanes of at least 4 members (excludes halogenated alkanes) is 39. The molecule has 0 bridgehead atoms. The third-order valence-electron chi connectivity index (χ3n) is 16.1. The van der Waals surface area contributed by atoms with Crippen molar-refractivity contribution in [2.75, 3.05) is 39.6 Å².